The van der Waals surface area contributed by atoms with Gasteiger partial charge in [-0.15, -0.1) is 11.8 Å². The summed E-state index contributed by atoms with van der Waals surface area (Å²) < 4.78 is 13.4. The van der Waals surface area contributed by atoms with Gasteiger partial charge in [0.2, 0.25) is 0 Å². The Morgan fingerprint density at radius 2 is 1.45 bits per heavy atom. The van der Waals surface area contributed by atoms with Crippen molar-refractivity contribution in [1.82, 2.24) is 0 Å². The van der Waals surface area contributed by atoms with Crippen LogP contribution in [0.2, 0.25) is 5.02 Å². The second kappa shape index (κ2) is 10.2. The van der Waals surface area contributed by atoms with Gasteiger partial charge in [0.15, 0.2) is 0 Å². The van der Waals surface area contributed by atoms with E-state index in [2.05, 4.69) is 33.8 Å². The van der Waals surface area contributed by atoms with Gasteiger partial charge in [-0.2, -0.15) is 0 Å². The largest absolute Gasteiger partial charge is 0.389 e. The SMILES string of the molecule is CC(C)c1cc(C(C)C)c(C(C)O)c(-c2ccc(Cl)cc2)c1CSc1ccc(F)cc1. The molecule has 0 heterocycles. The van der Waals surface area contributed by atoms with Crippen molar-refractivity contribution >= 4 is 23.4 Å². The maximum absolute atomic E-state index is 13.4. The van der Waals surface area contributed by atoms with E-state index in [1.165, 1.54) is 28.8 Å². The van der Waals surface area contributed by atoms with Crippen molar-refractivity contribution in [3.8, 4) is 11.1 Å². The van der Waals surface area contributed by atoms with Gasteiger partial charge in [0, 0.05) is 15.7 Å². The van der Waals surface area contributed by atoms with Crippen molar-refractivity contribution in [2.45, 2.75) is 63.2 Å². The van der Waals surface area contributed by atoms with Gasteiger partial charge < -0.3 is 5.11 Å². The Kier molecular flexibility index (Phi) is 7.85. The summed E-state index contributed by atoms with van der Waals surface area (Å²) in [6, 6.07) is 16.8. The summed E-state index contributed by atoms with van der Waals surface area (Å²) in [5.41, 5.74) is 6.81. The van der Waals surface area contributed by atoms with Crippen molar-refractivity contribution < 1.29 is 9.50 Å². The Labute approximate surface area is 194 Å². The van der Waals surface area contributed by atoms with Gasteiger partial charge in [-0.05, 0) is 88.5 Å². The molecule has 0 radical (unpaired) electrons. The quantitative estimate of drug-likeness (QED) is 0.358. The van der Waals surface area contributed by atoms with Gasteiger partial charge in [-0.25, -0.2) is 4.39 Å². The molecule has 0 aliphatic carbocycles. The standard InChI is InChI=1S/C27H30ClFOS/c1-16(2)23-14-24(17(3)4)26(18(5)30)27(19-6-8-20(28)9-7-19)25(23)15-31-22-12-10-21(29)11-13-22/h6-14,16-18,30H,15H2,1-5H3. The molecule has 0 fully saturated rings. The number of aliphatic hydroxyl groups is 1. The Hall–Kier alpha value is -1.81. The van der Waals surface area contributed by atoms with Crippen LogP contribution in [0.15, 0.2) is 59.5 Å². The number of hydrogen-bond donors (Lipinski definition) is 1. The predicted molar refractivity (Wildman–Crippen MR) is 132 cm³/mol. The number of hydrogen-bond acceptors (Lipinski definition) is 2. The maximum Gasteiger partial charge on any atom is 0.123 e. The third-order valence-corrected chi connectivity index (χ3v) is 6.82. The van der Waals surface area contributed by atoms with E-state index in [-0.39, 0.29) is 11.7 Å². The molecular weight excluding hydrogens is 427 g/mol. The summed E-state index contributed by atoms with van der Waals surface area (Å²) in [5, 5.41) is 11.5. The highest BCUT2D eigenvalue weighted by Gasteiger charge is 2.24. The van der Waals surface area contributed by atoms with Crippen molar-refractivity contribution in [2.24, 2.45) is 0 Å². The van der Waals surface area contributed by atoms with Crippen molar-refractivity contribution in [1.29, 1.82) is 0 Å². The molecule has 3 aromatic rings. The third kappa shape index (κ3) is 5.52. The van der Waals surface area contributed by atoms with Gasteiger partial charge in [0.05, 0.1) is 6.10 Å². The Balaban J connectivity index is 2.25. The number of halogens is 2. The minimum atomic E-state index is -0.598. The molecule has 164 valence electrons. The van der Waals surface area contributed by atoms with Crippen LogP contribution in [-0.2, 0) is 5.75 Å². The van der Waals surface area contributed by atoms with E-state index in [4.69, 9.17) is 11.6 Å². The van der Waals surface area contributed by atoms with E-state index in [0.717, 1.165) is 27.3 Å². The van der Waals surface area contributed by atoms with Gasteiger partial charge in [0.1, 0.15) is 5.82 Å². The van der Waals surface area contributed by atoms with Crippen LogP contribution >= 0.6 is 23.4 Å². The van der Waals surface area contributed by atoms with Gasteiger partial charge in [-0.1, -0.05) is 57.5 Å². The van der Waals surface area contributed by atoms with Crippen LogP contribution in [0.5, 0.6) is 0 Å². The van der Waals surface area contributed by atoms with Crippen LogP contribution in [0.1, 0.15) is 74.8 Å². The van der Waals surface area contributed by atoms with Gasteiger partial charge in [0.25, 0.3) is 0 Å². The minimum absolute atomic E-state index is 0.230. The highest BCUT2D eigenvalue weighted by Crippen LogP contribution is 2.43. The summed E-state index contributed by atoms with van der Waals surface area (Å²) >= 11 is 7.86. The van der Waals surface area contributed by atoms with Gasteiger partial charge >= 0.3 is 0 Å². The van der Waals surface area contributed by atoms with Crippen molar-refractivity contribution in [2.75, 3.05) is 0 Å². The smallest absolute Gasteiger partial charge is 0.123 e. The maximum atomic E-state index is 13.4. The fraction of sp³-hybridized carbons (Fsp3) is 0.333. The predicted octanol–water partition coefficient (Wildman–Crippen LogP) is 8.74. The molecule has 1 atom stereocenters. The van der Waals surface area contributed by atoms with Crippen LogP contribution in [0, 0.1) is 5.82 Å². The molecule has 0 amide bonds. The number of rotatable bonds is 7. The van der Waals surface area contributed by atoms with Crippen molar-refractivity contribution in [3.05, 3.63) is 87.7 Å². The highest BCUT2D eigenvalue weighted by molar-refractivity contribution is 7.98. The lowest BCUT2D eigenvalue weighted by molar-refractivity contribution is 0.198. The average Bonchev–Trinajstić information content (AvgIpc) is 2.72. The lowest BCUT2D eigenvalue weighted by Gasteiger charge is -2.27. The molecule has 1 N–H and O–H groups in total. The van der Waals surface area contributed by atoms with Crippen molar-refractivity contribution in [3.63, 3.8) is 0 Å². The molecule has 0 bridgehead atoms. The van der Waals surface area contributed by atoms with E-state index < -0.39 is 6.10 Å². The fourth-order valence-electron chi connectivity index (χ4n) is 4.01. The van der Waals surface area contributed by atoms with E-state index in [0.29, 0.717) is 10.9 Å². The molecule has 1 unspecified atom stereocenters. The summed E-state index contributed by atoms with van der Waals surface area (Å²) in [7, 11) is 0. The molecule has 4 heteroatoms. The monoisotopic (exact) mass is 456 g/mol. The Bertz CT molecular complexity index is 1020. The lowest BCUT2D eigenvalue weighted by Crippen LogP contribution is -2.10. The average molecular weight is 457 g/mol. The lowest BCUT2D eigenvalue weighted by atomic mass is 9.80. The molecule has 3 rings (SSSR count). The van der Waals surface area contributed by atoms with E-state index in [1.54, 1.807) is 11.8 Å². The molecule has 0 aromatic heterocycles. The minimum Gasteiger partial charge on any atom is -0.389 e. The Morgan fingerprint density at radius 1 is 0.871 bits per heavy atom. The first kappa shape index (κ1) is 23.8. The number of aliphatic hydroxyl groups excluding tert-OH is 1. The van der Waals surface area contributed by atoms with Crippen LogP contribution < -0.4 is 0 Å². The second-order valence-corrected chi connectivity index (χ2v) is 10.0. The van der Waals surface area contributed by atoms with E-state index >= 15 is 0 Å². The van der Waals surface area contributed by atoms with Crippen LogP contribution in [-0.4, -0.2) is 5.11 Å². The van der Waals surface area contributed by atoms with E-state index in [1.807, 2.05) is 43.3 Å². The molecule has 0 saturated heterocycles. The fourth-order valence-corrected chi connectivity index (χ4v) is 5.09. The molecular formula is C27H30ClFOS. The first-order chi connectivity index (χ1) is 14.7. The topological polar surface area (TPSA) is 20.2 Å². The zero-order valence-electron chi connectivity index (χ0n) is 18.7. The molecule has 1 nitrogen and oxygen atoms in total. The van der Waals surface area contributed by atoms with Crippen LogP contribution in [0.4, 0.5) is 4.39 Å². The highest BCUT2D eigenvalue weighted by atomic mass is 35.5. The van der Waals surface area contributed by atoms with Gasteiger partial charge in [-0.3, -0.25) is 0 Å². The summed E-state index contributed by atoms with van der Waals surface area (Å²) in [4.78, 5) is 1.02. The second-order valence-electron chi connectivity index (χ2n) is 8.56. The molecule has 0 spiro atoms. The van der Waals surface area contributed by atoms with Crippen LogP contribution in [0.25, 0.3) is 11.1 Å². The number of thioether (sulfide) groups is 1. The normalized spacial score (nSPS) is 12.6. The summed E-state index contributed by atoms with van der Waals surface area (Å²) in [6.07, 6.45) is -0.598. The molecule has 0 aliphatic heterocycles. The number of benzene rings is 3. The zero-order chi connectivity index (χ0) is 22.7. The molecule has 0 saturated carbocycles. The molecule has 0 aliphatic rings. The Morgan fingerprint density at radius 3 is 1.97 bits per heavy atom. The molecule has 3 aromatic carbocycles. The third-order valence-electron chi connectivity index (χ3n) is 5.53. The van der Waals surface area contributed by atoms with E-state index in [9.17, 15) is 9.50 Å². The summed E-state index contributed by atoms with van der Waals surface area (Å²) in [5.74, 6) is 1.11. The summed E-state index contributed by atoms with van der Waals surface area (Å²) in [6.45, 7) is 10.6. The molecule has 31 heavy (non-hydrogen) atoms. The zero-order valence-corrected chi connectivity index (χ0v) is 20.3. The first-order valence-corrected chi connectivity index (χ1v) is 12.1. The van der Waals surface area contributed by atoms with Crippen LogP contribution in [0.3, 0.4) is 0 Å². The first-order valence-electron chi connectivity index (χ1n) is 10.7.